The molecule has 25 valence electrons. The van der Waals surface area contributed by atoms with Crippen LogP contribution in [-0.4, -0.2) is 11.1 Å². The van der Waals surface area contributed by atoms with Crippen LogP contribution < -0.4 is 0 Å². The summed E-state index contributed by atoms with van der Waals surface area (Å²) in [6.07, 6.45) is 0. The van der Waals surface area contributed by atoms with Crippen LogP contribution in [0.25, 0.3) is 0 Å². The van der Waals surface area contributed by atoms with E-state index < -0.39 is 5.97 Å². The molecule has 0 unspecified atom stereocenters. The first kappa shape index (κ1) is 3.47. The minimum atomic E-state index is -0.833. The van der Waals surface area contributed by atoms with Gasteiger partial charge in [0.2, 0.25) is 0 Å². The molecule has 1 N–H and O–H groups in total. The maximum absolute atomic E-state index is 9.00. The van der Waals surface area contributed by atoms with Gasteiger partial charge in [0.15, 0.2) is 0 Å². The second kappa shape index (κ2) is 0.875. The molecule has 0 rings (SSSR count). The van der Waals surface area contributed by atoms with Crippen LogP contribution >= 0.6 is 0 Å². The molecular formula is C2H5O2. The smallest absolute Gasteiger partial charge is 0.300 e. The number of rotatable bonds is 0. The highest BCUT2D eigenvalue weighted by molar-refractivity contribution is 5.62. The fourth-order valence-corrected chi connectivity index (χ4v) is 0. The van der Waals surface area contributed by atoms with Crippen molar-refractivity contribution in [3.8, 4) is 0 Å². The molecule has 4 heavy (non-hydrogen) atoms. The molecule has 0 aromatic carbocycles. The number of hydrogen-bond acceptors (Lipinski definition) is 1. The standard InChI is InChI=1S/C2H4O2.H/c1-2(3)4;/h1H3,(H,3,4);/i;1+2. The third-order valence-electron chi connectivity index (χ3n) is 0. The van der Waals surface area contributed by atoms with Gasteiger partial charge in [0.05, 0.1) is 0 Å². The van der Waals surface area contributed by atoms with Crippen molar-refractivity contribution in [1.29, 1.82) is 0 Å². The summed E-state index contributed by atoms with van der Waals surface area (Å²) in [6.45, 7) is 1.08. The third-order valence-corrected chi connectivity index (χ3v) is 0. The Morgan fingerprint density at radius 3 is 2.25 bits per heavy atom. The summed E-state index contributed by atoms with van der Waals surface area (Å²) >= 11 is 0. The molecule has 0 bridgehead atoms. The average Bonchev–Trinajstić information content (AvgIpc) is 0.811. The van der Waals surface area contributed by atoms with Gasteiger partial charge < -0.3 is 5.11 Å². The molecule has 0 atom stereocenters. The lowest BCUT2D eigenvalue weighted by Gasteiger charge is -1.59. The van der Waals surface area contributed by atoms with Crippen LogP contribution in [-0.2, 0) is 4.79 Å². The van der Waals surface area contributed by atoms with Crippen LogP contribution in [0.15, 0.2) is 0 Å². The van der Waals surface area contributed by atoms with E-state index in [1.165, 1.54) is 0 Å². The quantitative estimate of drug-likeness (QED) is 0.436. The van der Waals surface area contributed by atoms with Gasteiger partial charge in [-0.2, -0.15) is 0 Å². The van der Waals surface area contributed by atoms with Crippen molar-refractivity contribution >= 4 is 5.97 Å². The van der Waals surface area contributed by atoms with Crippen molar-refractivity contribution in [3.63, 3.8) is 0 Å². The van der Waals surface area contributed by atoms with Gasteiger partial charge in [0.25, 0.3) is 5.97 Å². The molecule has 0 saturated carbocycles. The van der Waals surface area contributed by atoms with E-state index in [1.807, 2.05) is 0 Å². The van der Waals surface area contributed by atoms with Crippen LogP contribution in [0.1, 0.15) is 8.35 Å². The molecule has 2 nitrogen and oxygen atoms in total. The van der Waals surface area contributed by atoms with E-state index >= 15 is 0 Å². The molecular weight excluding hydrogens is 56.0 g/mol. The van der Waals surface area contributed by atoms with E-state index in [0.29, 0.717) is 0 Å². The number of carboxylic acids is 1. The first-order valence-electron chi connectivity index (χ1n) is 0.928. The summed E-state index contributed by atoms with van der Waals surface area (Å²) < 4.78 is 0. The second-order valence-corrected chi connectivity index (χ2v) is 0.519. The first-order chi connectivity index (χ1) is 1.73. The summed E-state index contributed by atoms with van der Waals surface area (Å²) in [4.78, 5) is 9.00. The third kappa shape index (κ3) is 1.16. The Bertz CT molecular complexity index is 30.6. The van der Waals surface area contributed by atoms with E-state index in [1.54, 1.807) is 0 Å². The summed E-state index contributed by atoms with van der Waals surface area (Å²) in [6, 6.07) is 0. The van der Waals surface area contributed by atoms with E-state index in [2.05, 4.69) is 0 Å². The fraction of sp³-hybridized carbons (Fsp3) is 0.500. The average molecular weight is 63.1 g/mol. The maximum atomic E-state index is 9.00. The summed E-state index contributed by atoms with van der Waals surface area (Å²) in [7, 11) is 0. The van der Waals surface area contributed by atoms with Gasteiger partial charge in [-0.1, -0.05) is 0 Å². The fourth-order valence-electron chi connectivity index (χ4n) is 0. The zero-order valence-corrected chi connectivity index (χ0v) is 2.36. The van der Waals surface area contributed by atoms with Crippen LogP contribution in [0.2, 0.25) is 0 Å². The van der Waals surface area contributed by atoms with Gasteiger partial charge in [-0.15, -0.1) is 0 Å². The van der Waals surface area contributed by atoms with Gasteiger partial charge >= 0.3 is 0 Å². The molecule has 0 aliphatic rings. The molecule has 0 spiro atoms. The SMILES string of the molecule is CC(=O)O.[3H]. The van der Waals surface area contributed by atoms with Crippen molar-refractivity contribution in [1.82, 2.24) is 0 Å². The zero-order chi connectivity index (χ0) is 3.58. The molecule has 2 heteroatoms. The lowest BCUT2D eigenvalue weighted by atomic mass is 10.9. The lowest BCUT2D eigenvalue weighted by Crippen LogP contribution is -1.78. The predicted octanol–water partition coefficient (Wildman–Crippen LogP) is 0.203. The highest BCUT2D eigenvalue weighted by Gasteiger charge is 1.65. The summed E-state index contributed by atoms with van der Waals surface area (Å²) in [5, 5.41) is 7.42. The van der Waals surface area contributed by atoms with Crippen LogP contribution in [0.5, 0.6) is 0 Å². The molecule has 0 aromatic rings. The highest BCUT2D eigenvalue weighted by Crippen LogP contribution is 1.42. The topological polar surface area (TPSA) is 37.3 Å². The molecule has 0 aliphatic carbocycles. The Morgan fingerprint density at radius 2 is 2.25 bits per heavy atom. The number of carboxylic acid groups (broad SMARTS) is 1. The van der Waals surface area contributed by atoms with Gasteiger partial charge in [-0.25, -0.2) is 0 Å². The lowest BCUT2D eigenvalue weighted by molar-refractivity contribution is -0.134. The van der Waals surface area contributed by atoms with Crippen molar-refractivity contribution in [2.45, 2.75) is 6.92 Å². The van der Waals surface area contributed by atoms with Gasteiger partial charge in [-0.05, 0) is 0 Å². The Kier molecular flexibility index (Phi) is 0.759. The molecule has 0 fully saturated rings. The Labute approximate surface area is 25.5 Å². The summed E-state index contributed by atoms with van der Waals surface area (Å²) in [5.41, 5.74) is 0. The largest absolute Gasteiger partial charge is 0.481 e. The maximum Gasteiger partial charge on any atom is 0.300 e. The van der Waals surface area contributed by atoms with E-state index in [-0.39, 0.29) is 1.43 Å². The summed E-state index contributed by atoms with van der Waals surface area (Å²) in [5.74, 6) is -0.833. The van der Waals surface area contributed by atoms with Gasteiger partial charge in [0.1, 0.15) is 0 Å². The van der Waals surface area contributed by atoms with E-state index in [4.69, 9.17) is 9.90 Å². The van der Waals surface area contributed by atoms with Gasteiger partial charge in [0, 0.05) is 8.35 Å². The Morgan fingerprint density at radius 1 is 2.25 bits per heavy atom. The van der Waals surface area contributed by atoms with Crippen LogP contribution in [0.3, 0.4) is 0 Å². The molecule has 0 aliphatic heterocycles. The Hall–Kier alpha value is -0.530. The van der Waals surface area contributed by atoms with Crippen LogP contribution in [0, 0.1) is 0 Å². The van der Waals surface area contributed by atoms with E-state index in [0.717, 1.165) is 6.92 Å². The first-order valence-corrected chi connectivity index (χ1v) is 0.928. The minimum absolute atomic E-state index is 0. The van der Waals surface area contributed by atoms with Crippen molar-refractivity contribution in [2.75, 3.05) is 0 Å². The molecule has 0 saturated heterocycles. The number of aliphatic carboxylic acids is 1. The van der Waals surface area contributed by atoms with Gasteiger partial charge in [-0.3, -0.25) is 4.79 Å². The molecule has 1 radical (unpaired) electrons. The molecule has 0 amide bonds. The zero-order valence-electron chi connectivity index (χ0n) is 3.36. The van der Waals surface area contributed by atoms with Crippen molar-refractivity contribution in [3.05, 3.63) is 0 Å². The van der Waals surface area contributed by atoms with Crippen LogP contribution in [0.4, 0.5) is 0 Å². The molecule has 0 aromatic heterocycles. The van der Waals surface area contributed by atoms with E-state index in [9.17, 15) is 0 Å². The monoisotopic (exact) mass is 63.0 g/mol. The number of hydrogen-bond donors (Lipinski definition) is 1. The normalized spacial score (nSPS) is 6.25. The molecule has 0 heterocycles. The second-order valence-electron chi connectivity index (χ2n) is 0.519. The number of carbonyl (C=O) groups is 1. The van der Waals surface area contributed by atoms with Crippen molar-refractivity contribution in [2.24, 2.45) is 0 Å². The van der Waals surface area contributed by atoms with Crippen molar-refractivity contribution < 1.29 is 11.3 Å². The highest BCUT2D eigenvalue weighted by atomic mass is 16.4. The predicted molar refractivity (Wildman–Crippen MR) is 14.4 cm³/mol. The Balaban J connectivity index is 0. The minimum Gasteiger partial charge on any atom is -0.481 e.